The first-order chi connectivity index (χ1) is 12.6. The zero-order chi connectivity index (χ0) is 18.5. The highest BCUT2D eigenvalue weighted by atomic mass is 35.5. The Balaban J connectivity index is 1.55. The molecule has 0 saturated heterocycles. The third kappa shape index (κ3) is 3.89. The first-order valence-electron chi connectivity index (χ1n) is 7.66. The molecule has 1 aromatic heterocycles. The van der Waals surface area contributed by atoms with Gasteiger partial charge in [-0.3, -0.25) is 9.59 Å². The standard InChI is InChI=1S/C18H14ClFN4O2/c19-13-5-3-6-14(20)17(13)18(26)22-10-16(25)24-23-9-11-8-21-15-7-2-1-4-12(11)15/h1-9,21H,10H2,(H,22,26)(H,24,25)/b23-9-. The predicted molar refractivity (Wildman–Crippen MR) is 97.8 cm³/mol. The Bertz CT molecular complexity index is 980. The lowest BCUT2D eigenvalue weighted by atomic mass is 10.2. The normalized spacial score (nSPS) is 11.0. The molecule has 0 radical (unpaired) electrons. The Morgan fingerprint density at radius 1 is 1.19 bits per heavy atom. The van der Waals surface area contributed by atoms with Crippen molar-refractivity contribution in [2.45, 2.75) is 0 Å². The topological polar surface area (TPSA) is 86.3 Å². The Morgan fingerprint density at radius 3 is 2.81 bits per heavy atom. The molecular weight excluding hydrogens is 359 g/mol. The first-order valence-corrected chi connectivity index (χ1v) is 8.04. The maximum absolute atomic E-state index is 13.6. The second kappa shape index (κ2) is 7.79. The highest BCUT2D eigenvalue weighted by molar-refractivity contribution is 6.33. The van der Waals surface area contributed by atoms with Crippen LogP contribution in [-0.4, -0.2) is 29.6 Å². The van der Waals surface area contributed by atoms with E-state index in [-0.39, 0.29) is 17.1 Å². The minimum absolute atomic E-state index is 0.0275. The fourth-order valence-corrected chi connectivity index (χ4v) is 2.63. The highest BCUT2D eigenvalue weighted by Crippen LogP contribution is 2.18. The summed E-state index contributed by atoms with van der Waals surface area (Å²) >= 11 is 5.80. The van der Waals surface area contributed by atoms with Gasteiger partial charge >= 0.3 is 0 Å². The van der Waals surface area contributed by atoms with Crippen LogP contribution < -0.4 is 10.7 Å². The molecule has 6 nitrogen and oxygen atoms in total. The van der Waals surface area contributed by atoms with Crippen molar-refractivity contribution in [3.8, 4) is 0 Å². The van der Waals surface area contributed by atoms with Crippen molar-refractivity contribution in [2.24, 2.45) is 5.10 Å². The molecule has 3 rings (SSSR count). The van der Waals surface area contributed by atoms with E-state index in [0.717, 1.165) is 22.5 Å². The van der Waals surface area contributed by atoms with E-state index in [9.17, 15) is 14.0 Å². The van der Waals surface area contributed by atoms with Crippen LogP contribution in [0, 0.1) is 5.82 Å². The fourth-order valence-electron chi connectivity index (χ4n) is 2.38. The second-order valence-corrected chi connectivity index (χ2v) is 5.77. The summed E-state index contributed by atoms with van der Waals surface area (Å²) in [5.41, 5.74) is 3.76. The zero-order valence-electron chi connectivity index (χ0n) is 13.4. The number of hydrazone groups is 1. The van der Waals surface area contributed by atoms with Gasteiger partial charge in [-0.15, -0.1) is 0 Å². The van der Waals surface area contributed by atoms with Gasteiger partial charge in [0.15, 0.2) is 0 Å². The van der Waals surface area contributed by atoms with Crippen LogP contribution in [0.25, 0.3) is 10.9 Å². The van der Waals surface area contributed by atoms with E-state index in [1.54, 1.807) is 6.20 Å². The summed E-state index contributed by atoms with van der Waals surface area (Å²) in [7, 11) is 0. The van der Waals surface area contributed by atoms with E-state index in [0.29, 0.717) is 0 Å². The molecule has 0 aliphatic rings. The minimum Gasteiger partial charge on any atom is -0.361 e. The van der Waals surface area contributed by atoms with Crippen LogP contribution in [0.5, 0.6) is 0 Å². The molecule has 0 aliphatic heterocycles. The number of amides is 2. The van der Waals surface area contributed by atoms with Crippen molar-refractivity contribution in [1.29, 1.82) is 0 Å². The van der Waals surface area contributed by atoms with Crippen LogP contribution in [0.1, 0.15) is 15.9 Å². The molecule has 0 unspecified atom stereocenters. The molecule has 2 aromatic carbocycles. The van der Waals surface area contributed by atoms with Gasteiger partial charge in [0.1, 0.15) is 5.82 Å². The Labute approximate surface area is 153 Å². The van der Waals surface area contributed by atoms with Gasteiger partial charge in [0.05, 0.1) is 23.3 Å². The SMILES string of the molecule is O=C(CNC(=O)c1c(F)cccc1Cl)N/N=C\c1c[nH]c2ccccc12. The lowest BCUT2D eigenvalue weighted by Gasteiger charge is -2.06. The molecule has 0 aliphatic carbocycles. The number of nitrogens with zero attached hydrogens (tertiary/aromatic N) is 1. The number of carbonyl (C=O) groups excluding carboxylic acids is 2. The van der Waals surface area contributed by atoms with Gasteiger partial charge < -0.3 is 10.3 Å². The van der Waals surface area contributed by atoms with Gasteiger partial charge in [-0.05, 0) is 18.2 Å². The molecular formula is C18H14ClFN4O2. The lowest BCUT2D eigenvalue weighted by molar-refractivity contribution is -0.120. The highest BCUT2D eigenvalue weighted by Gasteiger charge is 2.16. The van der Waals surface area contributed by atoms with Crippen LogP contribution >= 0.6 is 11.6 Å². The number of aromatic amines is 1. The van der Waals surface area contributed by atoms with E-state index in [2.05, 4.69) is 20.8 Å². The number of fused-ring (bicyclic) bond motifs is 1. The third-order valence-corrected chi connectivity index (χ3v) is 3.93. The summed E-state index contributed by atoms with van der Waals surface area (Å²) < 4.78 is 13.6. The molecule has 0 spiro atoms. The van der Waals surface area contributed by atoms with Crippen molar-refractivity contribution in [3.05, 3.63) is 70.6 Å². The van der Waals surface area contributed by atoms with Crippen molar-refractivity contribution in [2.75, 3.05) is 6.54 Å². The van der Waals surface area contributed by atoms with E-state index < -0.39 is 17.6 Å². The quantitative estimate of drug-likeness (QED) is 0.475. The summed E-state index contributed by atoms with van der Waals surface area (Å²) in [5, 5.41) is 7.09. The first kappa shape index (κ1) is 17.6. The third-order valence-electron chi connectivity index (χ3n) is 3.61. The van der Waals surface area contributed by atoms with E-state index in [4.69, 9.17) is 11.6 Å². The van der Waals surface area contributed by atoms with Gasteiger partial charge in [0.2, 0.25) is 0 Å². The van der Waals surface area contributed by atoms with Crippen LogP contribution in [-0.2, 0) is 4.79 Å². The van der Waals surface area contributed by atoms with Gasteiger partial charge in [0, 0.05) is 22.7 Å². The minimum atomic E-state index is -0.774. The average Bonchev–Trinajstić information content (AvgIpc) is 3.03. The van der Waals surface area contributed by atoms with E-state index in [1.165, 1.54) is 18.3 Å². The number of H-pyrrole nitrogens is 1. The number of aromatic nitrogens is 1. The average molecular weight is 373 g/mol. The summed E-state index contributed by atoms with van der Waals surface area (Å²) in [5.74, 6) is -2.08. The number of para-hydroxylation sites is 1. The Hall–Kier alpha value is -3.19. The van der Waals surface area contributed by atoms with Gasteiger partial charge in [-0.2, -0.15) is 5.10 Å². The number of rotatable bonds is 5. The number of hydrogen-bond acceptors (Lipinski definition) is 3. The monoisotopic (exact) mass is 372 g/mol. The number of hydrogen-bond donors (Lipinski definition) is 3. The number of carbonyl (C=O) groups is 2. The zero-order valence-corrected chi connectivity index (χ0v) is 14.2. The van der Waals surface area contributed by atoms with Crippen LogP contribution in [0.2, 0.25) is 5.02 Å². The Kier molecular flexibility index (Phi) is 5.28. The summed E-state index contributed by atoms with van der Waals surface area (Å²) in [6.07, 6.45) is 3.26. The van der Waals surface area contributed by atoms with Crippen molar-refractivity contribution in [1.82, 2.24) is 15.7 Å². The molecule has 0 bridgehead atoms. The molecule has 3 N–H and O–H groups in total. The molecule has 0 saturated carbocycles. The molecule has 26 heavy (non-hydrogen) atoms. The van der Waals surface area contributed by atoms with E-state index in [1.807, 2.05) is 24.3 Å². The summed E-state index contributed by atoms with van der Waals surface area (Å²) in [4.78, 5) is 26.8. The maximum atomic E-state index is 13.6. The van der Waals surface area contributed by atoms with Gasteiger partial charge in [0.25, 0.3) is 11.8 Å². The number of benzene rings is 2. The van der Waals surface area contributed by atoms with Crippen molar-refractivity contribution >= 4 is 40.5 Å². The van der Waals surface area contributed by atoms with Crippen LogP contribution in [0.3, 0.4) is 0 Å². The molecule has 2 amide bonds. The number of nitrogens with one attached hydrogen (secondary N) is 3. The van der Waals surface area contributed by atoms with Gasteiger partial charge in [-0.25, -0.2) is 9.82 Å². The Morgan fingerprint density at radius 2 is 2.00 bits per heavy atom. The lowest BCUT2D eigenvalue weighted by Crippen LogP contribution is -2.35. The molecule has 8 heteroatoms. The molecule has 3 aromatic rings. The molecule has 0 atom stereocenters. The maximum Gasteiger partial charge on any atom is 0.259 e. The molecule has 0 fully saturated rings. The largest absolute Gasteiger partial charge is 0.361 e. The van der Waals surface area contributed by atoms with Crippen LogP contribution in [0.15, 0.2) is 53.8 Å². The van der Waals surface area contributed by atoms with Crippen LogP contribution in [0.4, 0.5) is 4.39 Å². The number of halogens is 2. The molecule has 132 valence electrons. The van der Waals surface area contributed by atoms with E-state index >= 15 is 0 Å². The second-order valence-electron chi connectivity index (χ2n) is 5.36. The van der Waals surface area contributed by atoms with Gasteiger partial charge in [-0.1, -0.05) is 35.9 Å². The predicted octanol–water partition coefficient (Wildman–Crippen LogP) is 2.84. The fraction of sp³-hybridized carbons (Fsp3) is 0.0556. The van der Waals surface area contributed by atoms with Crippen molar-refractivity contribution < 1.29 is 14.0 Å². The molecule has 1 heterocycles. The summed E-state index contributed by atoms with van der Waals surface area (Å²) in [6, 6.07) is 11.6. The smallest absolute Gasteiger partial charge is 0.259 e. The summed E-state index contributed by atoms with van der Waals surface area (Å²) in [6.45, 7) is -0.366. The van der Waals surface area contributed by atoms with Crippen molar-refractivity contribution in [3.63, 3.8) is 0 Å².